The van der Waals surface area contributed by atoms with E-state index in [1.54, 1.807) is 0 Å². The number of hydrogen-bond donors (Lipinski definition) is 0. The van der Waals surface area contributed by atoms with Crippen LogP contribution >= 0.6 is 0 Å². The molecule has 0 saturated heterocycles. The Bertz CT molecular complexity index is 2930. The minimum atomic E-state index is 0.629. The zero-order valence-electron chi connectivity index (χ0n) is 28.8. The van der Waals surface area contributed by atoms with Crippen molar-refractivity contribution in [3.05, 3.63) is 194 Å². The predicted molar refractivity (Wildman–Crippen MR) is 219 cm³/mol. The maximum absolute atomic E-state index is 5.24. The molecule has 10 rings (SSSR count). The SMILES string of the molecule is c1ccc(-c2cccc(-c3nc(-c4ccc(-c5ccc6ccccc6c5)cc4)nc(-c4cccc5c4c4ccccc4n5-c4ccccc4)n3)c2)cc1. The van der Waals surface area contributed by atoms with Crippen LogP contribution in [-0.2, 0) is 0 Å². The van der Waals surface area contributed by atoms with Gasteiger partial charge >= 0.3 is 0 Å². The second-order valence-electron chi connectivity index (χ2n) is 13.3. The van der Waals surface area contributed by atoms with Gasteiger partial charge in [-0.25, -0.2) is 15.0 Å². The molecular weight excluding hydrogens is 645 g/mol. The molecule has 0 amide bonds. The summed E-state index contributed by atoms with van der Waals surface area (Å²) in [4.78, 5) is 15.6. The first-order valence-corrected chi connectivity index (χ1v) is 17.9. The first-order valence-electron chi connectivity index (χ1n) is 17.9. The minimum absolute atomic E-state index is 0.629. The number of nitrogens with zero attached hydrogens (tertiary/aromatic N) is 4. The molecule has 53 heavy (non-hydrogen) atoms. The average molecular weight is 677 g/mol. The number of rotatable bonds is 6. The van der Waals surface area contributed by atoms with Gasteiger partial charge in [0, 0.05) is 33.2 Å². The highest BCUT2D eigenvalue weighted by molar-refractivity contribution is 6.15. The van der Waals surface area contributed by atoms with Crippen molar-refractivity contribution in [2.45, 2.75) is 0 Å². The molecule has 0 bridgehead atoms. The van der Waals surface area contributed by atoms with Crippen LogP contribution in [0.1, 0.15) is 0 Å². The summed E-state index contributed by atoms with van der Waals surface area (Å²) in [5.74, 6) is 1.89. The van der Waals surface area contributed by atoms with Gasteiger partial charge < -0.3 is 4.57 Å². The monoisotopic (exact) mass is 676 g/mol. The lowest BCUT2D eigenvalue weighted by Crippen LogP contribution is -2.01. The van der Waals surface area contributed by atoms with E-state index >= 15 is 0 Å². The molecule has 0 spiro atoms. The number of hydrogen-bond acceptors (Lipinski definition) is 3. The summed E-state index contributed by atoms with van der Waals surface area (Å²) in [6.07, 6.45) is 0. The highest BCUT2D eigenvalue weighted by Crippen LogP contribution is 2.38. The van der Waals surface area contributed by atoms with Gasteiger partial charge in [-0.1, -0.05) is 158 Å². The Kier molecular flexibility index (Phi) is 7.43. The van der Waals surface area contributed by atoms with Crippen molar-refractivity contribution in [3.63, 3.8) is 0 Å². The second-order valence-corrected chi connectivity index (χ2v) is 13.3. The van der Waals surface area contributed by atoms with Gasteiger partial charge in [0.05, 0.1) is 11.0 Å². The third-order valence-corrected chi connectivity index (χ3v) is 10.0. The van der Waals surface area contributed by atoms with Crippen LogP contribution < -0.4 is 0 Å². The highest BCUT2D eigenvalue weighted by Gasteiger charge is 2.20. The average Bonchev–Trinajstić information content (AvgIpc) is 3.59. The molecule has 0 unspecified atom stereocenters. The van der Waals surface area contributed by atoms with Crippen LogP contribution in [-0.4, -0.2) is 19.5 Å². The number of benzene rings is 8. The van der Waals surface area contributed by atoms with Crippen molar-refractivity contribution in [2.75, 3.05) is 0 Å². The van der Waals surface area contributed by atoms with Crippen LogP contribution in [0.4, 0.5) is 0 Å². The fourth-order valence-corrected chi connectivity index (χ4v) is 7.46. The van der Waals surface area contributed by atoms with Crippen LogP contribution in [0.25, 0.3) is 94.7 Å². The van der Waals surface area contributed by atoms with Crippen molar-refractivity contribution < 1.29 is 0 Å². The maximum Gasteiger partial charge on any atom is 0.164 e. The zero-order valence-corrected chi connectivity index (χ0v) is 28.8. The van der Waals surface area contributed by atoms with E-state index in [-0.39, 0.29) is 0 Å². The van der Waals surface area contributed by atoms with Crippen LogP contribution in [0.2, 0.25) is 0 Å². The molecular formula is C49H32N4. The third-order valence-electron chi connectivity index (χ3n) is 10.0. The highest BCUT2D eigenvalue weighted by atomic mass is 15.0. The second kappa shape index (κ2) is 12.9. The quantitative estimate of drug-likeness (QED) is 0.176. The summed E-state index contributed by atoms with van der Waals surface area (Å²) >= 11 is 0. The molecule has 0 saturated carbocycles. The molecule has 0 atom stereocenters. The summed E-state index contributed by atoms with van der Waals surface area (Å²) in [6.45, 7) is 0. The van der Waals surface area contributed by atoms with Crippen LogP contribution in [0.15, 0.2) is 194 Å². The molecule has 0 aliphatic rings. The third kappa shape index (κ3) is 5.54. The van der Waals surface area contributed by atoms with Crippen LogP contribution in [0.3, 0.4) is 0 Å². The first kappa shape index (κ1) is 30.6. The van der Waals surface area contributed by atoms with Gasteiger partial charge in [-0.15, -0.1) is 0 Å². The summed E-state index contributed by atoms with van der Waals surface area (Å²) in [7, 11) is 0. The smallest absolute Gasteiger partial charge is 0.164 e. The fourth-order valence-electron chi connectivity index (χ4n) is 7.46. The largest absolute Gasteiger partial charge is 0.309 e. The summed E-state index contributed by atoms with van der Waals surface area (Å²) < 4.78 is 2.33. The Morgan fingerprint density at radius 1 is 0.321 bits per heavy atom. The Labute approximate surface area is 307 Å². The number of fused-ring (bicyclic) bond motifs is 4. The Balaban J connectivity index is 1.16. The van der Waals surface area contributed by atoms with E-state index < -0.39 is 0 Å². The molecule has 8 aromatic carbocycles. The molecule has 4 nitrogen and oxygen atoms in total. The summed E-state index contributed by atoms with van der Waals surface area (Å²) in [5, 5.41) is 4.72. The summed E-state index contributed by atoms with van der Waals surface area (Å²) in [6, 6.07) is 68.0. The van der Waals surface area contributed by atoms with E-state index in [0.29, 0.717) is 17.5 Å². The van der Waals surface area contributed by atoms with E-state index in [9.17, 15) is 0 Å². The molecule has 0 fully saturated rings. The fraction of sp³-hybridized carbons (Fsp3) is 0. The van der Waals surface area contributed by atoms with Gasteiger partial charge in [0.25, 0.3) is 0 Å². The van der Waals surface area contributed by atoms with Crippen molar-refractivity contribution in [1.29, 1.82) is 0 Å². The van der Waals surface area contributed by atoms with Crippen LogP contribution in [0, 0.1) is 0 Å². The topological polar surface area (TPSA) is 43.6 Å². The lowest BCUT2D eigenvalue weighted by Gasteiger charge is -2.11. The van der Waals surface area contributed by atoms with E-state index in [4.69, 9.17) is 15.0 Å². The Morgan fingerprint density at radius 2 is 0.868 bits per heavy atom. The van der Waals surface area contributed by atoms with Gasteiger partial charge in [-0.05, 0) is 69.4 Å². The van der Waals surface area contributed by atoms with E-state index in [1.807, 2.05) is 6.07 Å². The van der Waals surface area contributed by atoms with Crippen molar-refractivity contribution in [3.8, 4) is 62.1 Å². The molecule has 248 valence electrons. The molecule has 2 heterocycles. The zero-order chi connectivity index (χ0) is 35.1. The molecule has 2 aromatic heterocycles. The van der Waals surface area contributed by atoms with Gasteiger partial charge in [0.15, 0.2) is 17.5 Å². The first-order chi connectivity index (χ1) is 26.3. The molecule has 4 heteroatoms. The lowest BCUT2D eigenvalue weighted by molar-refractivity contribution is 1.08. The van der Waals surface area contributed by atoms with Gasteiger partial charge in [-0.2, -0.15) is 0 Å². The maximum atomic E-state index is 5.24. The van der Waals surface area contributed by atoms with Crippen molar-refractivity contribution >= 4 is 32.6 Å². The van der Waals surface area contributed by atoms with Crippen LogP contribution in [0.5, 0.6) is 0 Å². The van der Waals surface area contributed by atoms with Gasteiger partial charge in [-0.3, -0.25) is 0 Å². The number of aromatic nitrogens is 4. The summed E-state index contributed by atoms with van der Waals surface area (Å²) in [5.41, 5.74) is 10.7. The normalized spacial score (nSPS) is 11.4. The molecule has 0 N–H and O–H groups in total. The van der Waals surface area contributed by atoms with E-state index in [1.165, 1.54) is 16.3 Å². The van der Waals surface area contributed by atoms with E-state index in [0.717, 1.165) is 60.9 Å². The Morgan fingerprint density at radius 3 is 1.70 bits per heavy atom. The van der Waals surface area contributed by atoms with Crippen molar-refractivity contribution in [1.82, 2.24) is 19.5 Å². The molecule has 0 radical (unpaired) electrons. The van der Waals surface area contributed by atoms with Gasteiger partial charge in [0.1, 0.15) is 0 Å². The minimum Gasteiger partial charge on any atom is -0.309 e. The molecule has 0 aliphatic heterocycles. The van der Waals surface area contributed by atoms with Crippen molar-refractivity contribution in [2.24, 2.45) is 0 Å². The standard InChI is InChI=1S/C49H32N4/c1-3-13-33(14-4-1)38-17-11-18-40(32-38)48-50-47(36-28-25-35(26-29-36)39-30-27-34-15-7-8-16-37(34)31-39)51-49(52-48)43-22-12-24-45-46(43)42-21-9-10-23-44(42)53(45)41-19-5-2-6-20-41/h1-32H. The molecule has 10 aromatic rings. The van der Waals surface area contributed by atoms with E-state index in [2.05, 4.69) is 193 Å². The van der Waals surface area contributed by atoms with Gasteiger partial charge in [0.2, 0.25) is 0 Å². The lowest BCUT2D eigenvalue weighted by atomic mass is 10.00. The predicted octanol–water partition coefficient (Wildman–Crippen LogP) is 12.5. The molecule has 0 aliphatic carbocycles. The number of para-hydroxylation sites is 2. The Hall–Kier alpha value is -7.17.